The lowest BCUT2D eigenvalue weighted by Crippen LogP contribution is -2.06. The fourth-order valence-corrected chi connectivity index (χ4v) is 1.32. The number of nitrogens with zero attached hydrogens (tertiary/aromatic N) is 1. The van der Waals surface area contributed by atoms with Crippen LogP contribution in [0.1, 0.15) is 5.56 Å². The van der Waals surface area contributed by atoms with E-state index < -0.39 is 5.82 Å². The molecule has 1 heterocycles. The minimum absolute atomic E-state index is 0.263. The molecule has 2 aromatic rings. The van der Waals surface area contributed by atoms with Crippen molar-refractivity contribution in [2.24, 2.45) is 0 Å². The van der Waals surface area contributed by atoms with E-state index in [1.165, 1.54) is 24.4 Å². The normalized spacial score (nSPS) is 10.0. The number of rotatable bonds is 0. The summed E-state index contributed by atoms with van der Waals surface area (Å²) in [6, 6.07) is 5.63. The number of hydrogen-bond acceptors (Lipinski definition) is 2. The van der Waals surface area contributed by atoms with Crippen LogP contribution in [0.5, 0.6) is 0 Å². The molecule has 1 N–H and O–H groups in total. The Labute approximate surface area is 78.4 Å². The van der Waals surface area contributed by atoms with E-state index in [4.69, 9.17) is 5.26 Å². The molecule has 3 nitrogen and oxygen atoms in total. The van der Waals surface area contributed by atoms with Crippen molar-refractivity contribution < 1.29 is 4.39 Å². The lowest BCUT2D eigenvalue weighted by Gasteiger charge is -1.98. The van der Waals surface area contributed by atoms with Crippen molar-refractivity contribution in [3.63, 3.8) is 0 Å². The van der Waals surface area contributed by atoms with E-state index in [9.17, 15) is 9.18 Å². The van der Waals surface area contributed by atoms with Gasteiger partial charge in [0.05, 0.1) is 5.56 Å². The molecule has 14 heavy (non-hydrogen) atoms. The van der Waals surface area contributed by atoms with E-state index in [0.717, 1.165) is 0 Å². The molecule has 0 aliphatic carbocycles. The molecule has 0 saturated carbocycles. The Kier molecular flexibility index (Phi) is 1.79. The molecule has 0 fully saturated rings. The van der Waals surface area contributed by atoms with Crippen LogP contribution in [0.3, 0.4) is 0 Å². The summed E-state index contributed by atoms with van der Waals surface area (Å²) in [5.41, 5.74) is -0.0573. The third-order valence-electron chi connectivity index (χ3n) is 1.98. The molecule has 0 spiro atoms. The number of pyridine rings is 1. The topological polar surface area (TPSA) is 56.6 Å². The zero-order chi connectivity index (χ0) is 10.1. The number of fused-ring (bicyclic) bond motifs is 1. The fourth-order valence-electron chi connectivity index (χ4n) is 1.32. The third-order valence-corrected chi connectivity index (χ3v) is 1.98. The van der Waals surface area contributed by atoms with Crippen LogP contribution in [0.4, 0.5) is 4.39 Å². The molecular formula is C10H5FN2O. The second-order valence-corrected chi connectivity index (χ2v) is 2.83. The zero-order valence-electron chi connectivity index (χ0n) is 7.04. The Morgan fingerprint density at radius 2 is 2.14 bits per heavy atom. The molecule has 68 valence electrons. The van der Waals surface area contributed by atoms with Crippen LogP contribution in [0.15, 0.2) is 29.2 Å². The van der Waals surface area contributed by atoms with Crippen molar-refractivity contribution in [1.82, 2.24) is 4.98 Å². The molecule has 4 heteroatoms. The van der Waals surface area contributed by atoms with Crippen molar-refractivity contribution in [2.45, 2.75) is 0 Å². The van der Waals surface area contributed by atoms with Crippen molar-refractivity contribution in [2.75, 3.05) is 0 Å². The molecule has 1 aromatic carbocycles. The smallest absolute Gasteiger partial charge is 0.255 e. The van der Waals surface area contributed by atoms with E-state index in [1.54, 1.807) is 0 Å². The minimum Gasteiger partial charge on any atom is -0.327 e. The fraction of sp³-hybridized carbons (Fsp3) is 0. The SMILES string of the molecule is N#Cc1c[nH]c(=O)c2ccc(F)cc12. The highest BCUT2D eigenvalue weighted by Crippen LogP contribution is 2.14. The lowest BCUT2D eigenvalue weighted by molar-refractivity contribution is 0.629. The molecular weight excluding hydrogens is 183 g/mol. The van der Waals surface area contributed by atoms with Crippen molar-refractivity contribution in [1.29, 1.82) is 5.26 Å². The molecule has 0 radical (unpaired) electrons. The summed E-state index contributed by atoms with van der Waals surface area (Å²) in [6.45, 7) is 0. The monoisotopic (exact) mass is 188 g/mol. The van der Waals surface area contributed by atoms with Crippen molar-refractivity contribution in [3.05, 3.63) is 46.1 Å². The first-order valence-corrected chi connectivity index (χ1v) is 3.93. The van der Waals surface area contributed by atoms with Crippen LogP contribution in [-0.4, -0.2) is 4.98 Å². The number of nitriles is 1. The van der Waals surface area contributed by atoms with Crippen LogP contribution >= 0.6 is 0 Å². The van der Waals surface area contributed by atoms with E-state index in [1.807, 2.05) is 6.07 Å². The van der Waals surface area contributed by atoms with Gasteiger partial charge >= 0.3 is 0 Å². The van der Waals surface area contributed by atoms with Gasteiger partial charge in [0.25, 0.3) is 5.56 Å². The molecule has 0 bridgehead atoms. The number of aromatic nitrogens is 1. The van der Waals surface area contributed by atoms with Gasteiger partial charge in [-0.05, 0) is 18.2 Å². The molecule has 2 rings (SSSR count). The largest absolute Gasteiger partial charge is 0.327 e. The highest BCUT2D eigenvalue weighted by atomic mass is 19.1. The van der Waals surface area contributed by atoms with Gasteiger partial charge in [-0.3, -0.25) is 4.79 Å². The summed E-state index contributed by atoms with van der Waals surface area (Å²) in [5, 5.41) is 9.39. The van der Waals surface area contributed by atoms with E-state index >= 15 is 0 Å². The summed E-state index contributed by atoms with van der Waals surface area (Å²) in [7, 11) is 0. The lowest BCUT2D eigenvalue weighted by atomic mass is 10.1. The number of H-pyrrole nitrogens is 1. The molecule has 1 aromatic heterocycles. The van der Waals surface area contributed by atoms with Crippen LogP contribution in [0.25, 0.3) is 10.8 Å². The number of halogens is 1. The minimum atomic E-state index is -0.459. The van der Waals surface area contributed by atoms with E-state index in [-0.39, 0.29) is 11.1 Å². The van der Waals surface area contributed by atoms with Crippen LogP contribution < -0.4 is 5.56 Å². The maximum absolute atomic E-state index is 12.9. The number of hydrogen-bond donors (Lipinski definition) is 1. The summed E-state index contributed by atoms with van der Waals surface area (Å²) < 4.78 is 12.9. The molecule has 0 aliphatic heterocycles. The van der Waals surface area contributed by atoms with Crippen molar-refractivity contribution in [3.8, 4) is 6.07 Å². The van der Waals surface area contributed by atoms with Gasteiger partial charge in [-0.25, -0.2) is 4.39 Å². The Morgan fingerprint density at radius 1 is 1.36 bits per heavy atom. The Balaban J connectivity index is 3.02. The van der Waals surface area contributed by atoms with Gasteiger partial charge < -0.3 is 4.98 Å². The van der Waals surface area contributed by atoms with Gasteiger partial charge in [0.1, 0.15) is 11.9 Å². The molecule has 0 saturated heterocycles. The Bertz CT molecular complexity index is 595. The Hall–Kier alpha value is -2.15. The highest BCUT2D eigenvalue weighted by molar-refractivity contribution is 5.86. The quantitative estimate of drug-likeness (QED) is 0.681. The van der Waals surface area contributed by atoms with Gasteiger partial charge in [-0.1, -0.05) is 0 Å². The predicted molar refractivity (Wildman–Crippen MR) is 49.2 cm³/mol. The van der Waals surface area contributed by atoms with Crippen molar-refractivity contribution >= 4 is 10.8 Å². The number of benzene rings is 1. The van der Waals surface area contributed by atoms with Gasteiger partial charge in [0.15, 0.2) is 0 Å². The first-order valence-electron chi connectivity index (χ1n) is 3.93. The second kappa shape index (κ2) is 2.96. The number of aromatic amines is 1. The average Bonchev–Trinajstić information content (AvgIpc) is 2.18. The standard InChI is InChI=1S/C10H5FN2O/c11-7-1-2-8-9(3-7)6(4-12)5-13-10(8)14/h1-3,5H,(H,13,14). The maximum atomic E-state index is 12.9. The summed E-state index contributed by atoms with van der Waals surface area (Å²) in [4.78, 5) is 13.7. The second-order valence-electron chi connectivity index (χ2n) is 2.83. The molecule has 0 amide bonds. The molecule has 0 aliphatic rings. The average molecular weight is 188 g/mol. The summed E-state index contributed by atoms with van der Waals surface area (Å²) in [6.07, 6.45) is 1.28. The summed E-state index contributed by atoms with van der Waals surface area (Å²) in [5.74, 6) is -0.459. The third kappa shape index (κ3) is 1.15. The maximum Gasteiger partial charge on any atom is 0.255 e. The summed E-state index contributed by atoms with van der Waals surface area (Å²) >= 11 is 0. The van der Waals surface area contributed by atoms with Gasteiger partial charge in [0.2, 0.25) is 0 Å². The molecule has 0 atom stereocenters. The van der Waals surface area contributed by atoms with E-state index in [0.29, 0.717) is 10.8 Å². The van der Waals surface area contributed by atoms with Gasteiger partial charge in [-0.2, -0.15) is 5.26 Å². The van der Waals surface area contributed by atoms with Crippen LogP contribution in [0.2, 0.25) is 0 Å². The van der Waals surface area contributed by atoms with Crippen LogP contribution in [0, 0.1) is 17.1 Å². The first kappa shape index (κ1) is 8.45. The van der Waals surface area contributed by atoms with Gasteiger partial charge in [0, 0.05) is 17.0 Å². The number of nitrogens with one attached hydrogen (secondary N) is 1. The van der Waals surface area contributed by atoms with Crippen LogP contribution in [-0.2, 0) is 0 Å². The Morgan fingerprint density at radius 3 is 2.86 bits per heavy atom. The van der Waals surface area contributed by atoms with Gasteiger partial charge in [-0.15, -0.1) is 0 Å². The van der Waals surface area contributed by atoms with E-state index in [2.05, 4.69) is 4.98 Å². The zero-order valence-corrected chi connectivity index (χ0v) is 7.04. The molecule has 0 unspecified atom stereocenters. The first-order chi connectivity index (χ1) is 6.72. The predicted octanol–water partition coefficient (Wildman–Crippen LogP) is 1.54. The highest BCUT2D eigenvalue weighted by Gasteiger charge is 2.04.